The van der Waals surface area contributed by atoms with Crippen LogP contribution in [-0.2, 0) is 11.3 Å². The summed E-state index contributed by atoms with van der Waals surface area (Å²) in [6, 6.07) is 5.59. The Hall–Kier alpha value is -1.95. The lowest BCUT2D eigenvalue weighted by molar-refractivity contribution is 0.0291. The quantitative estimate of drug-likeness (QED) is 0.865. The molecule has 1 aromatic carbocycles. The van der Waals surface area contributed by atoms with E-state index in [1.807, 2.05) is 39.8 Å². The van der Waals surface area contributed by atoms with Gasteiger partial charge in [-0.1, -0.05) is 6.07 Å². The number of nitrogens with zero attached hydrogens (tertiary/aromatic N) is 1. The Kier molecular flexibility index (Phi) is 5.94. The lowest BCUT2D eigenvalue weighted by atomic mass is 10.2. The van der Waals surface area contributed by atoms with Gasteiger partial charge < -0.3 is 24.8 Å². The minimum atomic E-state index is -0.468. The molecule has 1 heterocycles. The molecule has 6 nitrogen and oxygen atoms in total. The molecule has 1 unspecified atom stereocenters. The van der Waals surface area contributed by atoms with E-state index in [9.17, 15) is 9.90 Å². The van der Waals surface area contributed by atoms with Crippen LogP contribution in [0.25, 0.3) is 0 Å². The molecular formula is C18H28N2O4. The molecule has 6 heteroatoms. The minimum Gasteiger partial charge on any atom is -0.504 e. The monoisotopic (exact) mass is 336 g/mol. The van der Waals surface area contributed by atoms with Gasteiger partial charge in [-0.25, -0.2) is 4.79 Å². The molecule has 134 valence electrons. The molecule has 1 saturated heterocycles. The molecule has 1 atom stereocenters. The predicted octanol–water partition coefficient (Wildman–Crippen LogP) is 2.89. The highest BCUT2D eigenvalue weighted by Gasteiger charge is 2.29. The molecule has 0 bridgehead atoms. The van der Waals surface area contributed by atoms with Crippen LogP contribution in [0.1, 0.15) is 39.7 Å². The van der Waals surface area contributed by atoms with E-state index in [2.05, 4.69) is 5.32 Å². The topological polar surface area (TPSA) is 71.0 Å². The third kappa shape index (κ3) is 5.30. The van der Waals surface area contributed by atoms with Gasteiger partial charge in [0.15, 0.2) is 11.5 Å². The number of benzene rings is 1. The van der Waals surface area contributed by atoms with Crippen LogP contribution in [0.5, 0.6) is 11.5 Å². The van der Waals surface area contributed by atoms with Crippen molar-refractivity contribution < 1.29 is 19.4 Å². The van der Waals surface area contributed by atoms with Crippen molar-refractivity contribution in [3.63, 3.8) is 0 Å². The number of carbonyl (C=O) groups excluding carboxylic acids is 1. The van der Waals surface area contributed by atoms with E-state index < -0.39 is 5.60 Å². The van der Waals surface area contributed by atoms with Crippen molar-refractivity contribution in [2.75, 3.05) is 19.7 Å². The molecule has 0 aliphatic carbocycles. The van der Waals surface area contributed by atoms with E-state index in [0.717, 1.165) is 12.0 Å². The van der Waals surface area contributed by atoms with Crippen LogP contribution in [0.15, 0.2) is 18.2 Å². The van der Waals surface area contributed by atoms with Gasteiger partial charge in [-0.3, -0.25) is 0 Å². The number of hydrogen-bond donors (Lipinski definition) is 2. The number of rotatable bonds is 5. The fraction of sp³-hybridized carbons (Fsp3) is 0.611. The molecule has 2 rings (SSSR count). The number of carbonyl (C=O) groups is 1. The molecule has 1 fully saturated rings. The highest BCUT2D eigenvalue weighted by Crippen LogP contribution is 2.27. The normalized spacial score (nSPS) is 17.8. The zero-order valence-corrected chi connectivity index (χ0v) is 15.0. The minimum absolute atomic E-state index is 0.151. The molecule has 0 spiro atoms. The summed E-state index contributed by atoms with van der Waals surface area (Å²) < 4.78 is 10.8. The van der Waals surface area contributed by atoms with Crippen LogP contribution in [0.2, 0.25) is 0 Å². The van der Waals surface area contributed by atoms with E-state index in [0.29, 0.717) is 32.0 Å². The second kappa shape index (κ2) is 7.75. The third-order valence-electron chi connectivity index (χ3n) is 3.76. The number of amides is 1. The molecule has 2 N–H and O–H groups in total. The van der Waals surface area contributed by atoms with Crippen molar-refractivity contribution in [1.29, 1.82) is 0 Å². The van der Waals surface area contributed by atoms with E-state index >= 15 is 0 Å². The van der Waals surface area contributed by atoms with Crippen molar-refractivity contribution in [3.05, 3.63) is 23.8 Å². The van der Waals surface area contributed by atoms with Crippen molar-refractivity contribution >= 4 is 6.09 Å². The second-order valence-corrected chi connectivity index (χ2v) is 7.03. The van der Waals surface area contributed by atoms with Crippen LogP contribution >= 0.6 is 0 Å². The number of hydrogen-bond acceptors (Lipinski definition) is 5. The molecule has 1 aromatic rings. The summed E-state index contributed by atoms with van der Waals surface area (Å²) >= 11 is 0. The molecule has 0 radical (unpaired) electrons. The fourth-order valence-corrected chi connectivity index (χ4v) is 2.62. The zero-order valence-electron chi connectivity index (χ0n) is 15.0. The summed E-state index contributed by atoms with van der Waals surface area (Å²) in [7, 11) is 0. The van der Waals surface area contributed by atoms with E-state index in [1.54, 1.807) is 11.0 Å². The Balaban J connectivity index is 1.84. The van der Waals surface area contributed by atoms with Gasteiger partial charge in [0.2, 0.25) is 0 Å². The summed E-state index contributed by atoms with van der Waals surface area (Å²) in [5.74, 6) is 0.649. The first kappa shape index (κ1) is 18.4. The summed E-state index contributed by atoms with van der Waals surface area (Å²) in [4.78, 5) is 13.8. The van der Waals surface area contributed by atoms with Crippen molar-refractivity contribution in [2.24, 2.45) is 0 Å². The van der Waals surface area contributed by atoms with E-state index in [1.165, 1.54) is 0 Å². The Morgan fingerprint density at radius 1 is 1.42 bits per heavy atom. The smallest absolute Gasteiger partial charge is 0.410 e. The molecule has 24 heavy (non-hydrogen) atoms. The van der Waals surface area contributed by atoms with Crippen LogP contribution in [-0.4, -0.2) is 47.4 Å². The average molecular weight is 336 g/mol. The van der Waals surface area contributed by atoms with Crippen LogP contribution in [0.3, 0.4) is 0 Å². The van der Waals surface area contributed by atoms with Gasteiger partial charge in [0.25, 0.3) is 0 Å². The average Bonchev–Trinajstić information content (AvgIpc) is 2.96. The summed E-state index contributed by atoms with van der Waals surface area (Å²) in [6.45, 7) is 10.0. The maximum absolute atomic E-state index is 12.1. The predicted molar refractivity (Wildman–Crippen MR) is 92.3 cm³/mol. The molecule has 1 amide bonds. The fourth-order valence-electron chi connectivity index (χ4n) is 2.62. The Morgan fingerprint density at radius 2 is 2.17 bits per heavy atom. The molecule has 0 saturated carbocycles. The number of ether oxygens (including phenoxy) is 2. The highest BCUT2D eigenvalue weighted by atomic mass is 16.6. The van der Waals surface area contributed by atoms with Crippen molar-refractivity contribution in [1.82, 2.24) is 10.2 Å². The molecule has 1 aliphatic rings. The van der Waals surface area contributed by atoms with Crippen molar-refractivity contribution in [3.8, 4) is 11.5 Å². The largest absolute Gasteiger partial charge is 0.504 e. The zero-order chi connectivity index (χ0) is 17.7. The number of phenols is 1. The van der Waals surface area contributed by atoms with Gasteiger partial charge in [0.05, 0.1) is 6.61 Å². The van der Waals surface area contributed by atoms with Gasteiger partial charge in [-0.15, -0.1) is 0 Å². The van der Waals surface area contributed by atoms with E-state index in [-0.39, 0.29) is 17.9 Å². The van der Waals surface area contributed by atoms with Gasteiger partial charge in [-0.05, 0) is 51.8 Å². The van der Waals surface area contributed by atoms with Gasteiger partial charge in [-0.2, -0.15) is 0 Å². The summed E-state index contributed by atoms with van der Waals surface area (Å²) in [5, 5.41) is 13.2. The second-order valence-electron chi connectivity index (χ2n) is 7.03. The maximum Gasteiger partial charge on any atom is 0.410 e. The molecule has 0 aromatic heterocycles. The standard InChI is InChI=1S/C18H28N2O4/c1-5-23-16-10-13(6-7-15(16)21)11-19-14-8-9-20(12-14)17(22)24-18(2,3)4/h6-7,10,14,19,21H,5,8-9,11-12H2,1-4H3. The van der Waals surface area contributed by atoms with E-state index in [4.69, 9.17) is 9.47 Å². The number of likely N-dealkylation sites (tertiary alicyclic amines) is 1. The van der Waals surface area contributed by atoms with Crippen LogP contribution < -0.4 is 10.1 Å². The Bertz CT molecular complexity index is 569. The summed E-state index contributed by atoms with van der Waals surface area (Å²) in [5.41, 5.74) is 0.566. The number of aromatic hydroxyl groups is 1. The lowest BCUT2D eigenvalue weighted by Crippen LogP contribution is -2.38. The molecular weight excluding hydrogens is 308 g/mol. The highest BCUT2D eigenvalue weighted by molar-refractivity contribution is 5.68. The third-order valence-corrected chi connectivity index (χ3v) is 3.76. The molecule has 1 aliphatic heterocycles. The number of nitrogens with one attached hydrogen (secondary N) is 1. The number of phenolic OH excluding ortho intramolecular Hbond substituents is 1. The first-order valence-corrected chi connectivity index (χ1v) is 8.44. The lowest BCUT2D eigenvalue weighted by Gasteiger charge is -2.24. The maximum atomic E-state index is 12.1. The van der Waals surface area contributed by atoms with Gasteiger partial charge in [0.1, 0.15) is 5.60 Å². The van der Waals surface area contributed by atoms with Gasteiger partial charge >= 0.3 is 6.09 Å². The van der Waals surface area contributed by atoms with Gasteiger partial charge in [0, 0.05) is 25.7 Å². The Morgan fingerprint density at radius 3 is 2.83 bits per heavy atom. The van der Waals surface area contributed by atoms with Crippen LogP contribution in [0, 0.1) is 0 Å². The Labute approximate surface area is 143 Å². The van der Waals surface area contributed by atoms with Crippen molar-refractivity contribution in [2.45, 2.75) is 52.3 Å². The first-order chi connectivity index (χ1) is 11.3. The van der Waals surface area contributed by atoms with Crippen LogP contribution in [0.4, 0.5) is 4.79 Å². The first-order valence-electron chi connectivity index (χ1n) is 8.44. The SMILES string of the molecule is CCOc1cc(CNC2CCN(C(=O)OC(C)(C)C)C2)ccc1O. The summed E-state index contributed by atoms with van der Waals surface area (Å²) in [6.07, 6.45) is 0.644.